The van der Waals surface area contributed by atoms with Gasteiger partial charge in [0.2, 0.25) is 0 Å². The van der Waals surface area contributed by atoms with Crippen molar-refractivity contribution in [2.24, 2.45) is 5.10 Å². The molecule has 2 rings (SSSR count). The third-order valence-corrected chi connectivity index (χ3v) is 4.81. The van der Waals surface area contributed by atoms with Crippen LogP contribution in [0.15, 0.2) is 45.6 Å². The number of hydrogen-bond acceptors (Lipinski definition) is 7. The van der Waals surface area contributed by atoms with Gasteiger partial charge in [-0.25, -0.2) is 15.4 Å². The SMILES string of the molecule is C=CCOc1c(Br)cc(/C=N\NC(=O)CSc2nc(C)cc(C)n2)cc1OCC. The standard InChI is InChI=1S/C20H23BrN4O3S/c1-5-7-28-19-16(21)9-15(10-17(19)27-6-2)11-22-25-18(26)12-29-20-23-13(3)8-14(4)24-20/h5,8-11H,1,6-7,12H2,2-4H3,(H,25,26)/b22-11-. The topological polar surface area (TPSA) is 85.7 Å². The summed E-state index contributed by atoms with van der Waals surface area (Å²) in [6, 6.07) is 5.51. The van der Waals surface area contributed by atoms with Crippen molar-refractivity contribution in [2.75, 3.05) is 19.0 Å². The van der Waals surface area contributed by atoms with Crippen molar-refractivity contribution in [2.45, 2.75) is 25.9 Å². The van der Waals surface area contributed by atoms with E-state index in [1.807, 2.05) is 32.9 Å². The molecule has 1 aromatic carbocycles. The molecule has 1 aromatic heterocycles. The van der Waals surface area contributed by atoms with Crippen molar-refractivity contribution >= 4 is 39.8 Å². The van der Waals surface area contributed by atoms with Crippen molar-refractivity contribution in [1.82, 2.24) is 15.4 Å². The minimum absolute atomic E-state index is 0.169. The van der Waals surface area contributed by atoms with Crippen LogP contribution < -0.4 is 14.9 Å². The van der Waals surface area contributed by atoms with Crippen molar-refractivity contribution < 1.29 is 14.3 Å². The van der Waals surface area contributed by atoms with E-state index in [1.54, 1.807) is 18.4 Å². The van der Waals surface area contributed by atoms with Gasteiger partial charge in [-0.1, -0.05) is 24.4 Å². The number of nitrogens with one attached hydrogen (secondary N) is 1. The summed E-state index contributed by atoms with van der Waals surface area (Å²) in [5.74, 6) is 1.10. The Morgan fingerprint density at radius 2 is 2.00 bits per heavy atom. The Kier molecular flexibility index (Phi) is 9.14. The van der Waals surface area contributed by atoms with Crippen LogP contribution in [0.1, 0.15) is 23.9 Å². The van der Waals surface area contributed by atoms with Gasteiger partial charge in [0.15, 0.2) is 16.7 Å². The number of amides is 1. The van der Waals surface area contributed by atoms with Gasteiger partial charge in [-0.15, -0.1) is 0 Å². The van der Waals surface area contributed by atoms with Crippen molar-refractivity contribution in [3.05, 3.63) is 52.3 Å². The Balaban J connectivity index is 1.97. The molecule has 0 aliphatic carbocycles. The second-order valence-corrected chi connectivity index (χ2v) is 7.67. The second kappa shape index (κ2) is 11.6. The molecule has 0 aliphatic rings. The van der Waals surface area contributed by atoms with Crippen LogP contribution >= 0.6 is 27.7 Å². The zero-order valence-corrected chi connectivity index (χ0v) is 19.0. The lowest BCUT2D eigenvalue weighted by Gasteiger charge is -2.13. The molecule has 154 valence electrons. The van der Waals surface area contributed by atoms with Crippen molar-refractivity contribution in [3.8, 4) is 11.5 Å². The molecule has 0 saturated heterocycles. The van der Waals surface area contributed by atoms with Gasteiger partial charge in [0.05, 0.1) is 23.0 Å². The van der Waals surface area contributed by atoms with Gasteiger partial charge in [-0.2, -0.15) is 5.10 Å². The Hall–Kier alpha value is -2.39. The van der Waals surface area contributed by atoms with Gasteiger partial charge in [0.1, 0.15) is 6.61 Å². The smallest absolute Gasteiger partial charge is 0.250 e. The van der Waals surface area contributed by atoms with E-state index in [-0.39, 0.29) is 11.7 Å². The number of aromatic nitrogens is 2. The van der Waals surface area contributed by atoms with E-state index in [9.17, 15) is 4.79 Å². The molecule has 0 bridgehead atoms. The maximum absolute atomic E-state index is 12.0. The van der Waals surface area contributed by atoms with E-state index in [2.05, 4.69) is 43.0 Å². The largest absolute Gasteiger partial charge is 0.490 e. The molecule has 7 nitrogen and oxygen atoms in total. The van der Waals surface area contributed by atoms with E-state index >= 15 is 0 Å². The summed E-state index contributed by atoms with van der Waals surface area (Å²) in [6.07, 6.45) is 3.20. The lowest BCUT2D eigenvalue weighted by atomic mass is 10.2. The number of benzene rings is 1. The zero-order valence-electron chi connectivity index (χ0n) is 16.6. The van der Waals surface area contributed by atoms with Gasteiger partial charge < -0.3 is 9.47 Å². The minimum Gasteiger partial charge on any atom is -0.490 e. The van der Waals surface area contributed by atoms with Crippen LogP contribution in [0.3, 0.4) is 0 Å². The van der Waals surface area contributed by atoms with Crippen LogP contribution in [-0.4, -0.2) is 41.1 Å². The lowest BCUT2D eigenvalue weighted by Crippen LogP contribution is -2.19. The summed E-state index contributed by atoms with van der Waals surface area (Å²) >= 11 is 4.74. The Bertz CT molecular complexity index is 885. The fraction of sp³-hybridized carbons (Fsp3) is 0.300. The summed E-state index contributed by atoms with van der Waals surface area (Å²) in [7, 11) is 0. The van der Waals surface area contributed by atoms with Gasteiger partial charge in [-0.3, -0.25) is 4.79 Å². The summed E-state index contributed by atoms with van der Waals surface area (Å²) in [6.45, 7) is 10.2. The molecular formula is C20H23BrN4O3S. The molecule has 2 aromatic rings. The highest BCUT2D eigenvalue weighted by molar-refractivity contribution is 9.10. The molecule has 0 aliphatic heterocycles. The number of hydrogen-bond donors (Lipinski definition) is 1. The number of rotatable bonds is 10. The van der Waals surface area contributed by atoms with E-state index in [0.29, 0.717) is 29.9 Å². The minimum atomic E-state index is -0.246. The Labute approximate surface area is 183 Å². The van der Waals surface area contributed by atoms with Crippen molar-refractivity contribution in [1.29, 1.82) is 0 Å². The normalized spacial score (nSPS) is 10.8. The first-order valence-electron chi connectivity index (χ1n) is 8.90. The molecule has 1 heterocycles. The molecule has 29 heavy (non-hydrogen) atoms. The summed E-state index contributed by atoms with van der Waals surface area (Å²) in [5, 5.41) is 4.58. The number of hydrazone groups is 1. The molecular weight excluding hydrogens is 456 g/mol. The highest BCUT2D eigenvalue weighted by Crippen LogP contribution is 2.36. The predicted octanol–water partition coefficient (Wildman–Crippen LogP) is 4.06. The monoisotopic (exact) mass is 478 g/mol. The van der Waals surface area contributed by atoms with Gasteiger partial charge in [0, 0.05) is 11.4 Å². The maximum atomic E-state index is 12.0. The first-order chi connectivity index (χ1) is 13.9. The molecule has 0 atom stereocenters. The summed E-state index contributed by atoms with van der Waals surface area (Å²) < 4.78 is 12.0. The number of thioether (sulfide) groups is 1. The highest BCUT2D eigenvalue weighted by atomic mass is 79.9. The van der Waals surface area contributed by atoms with E-state index in [4.69, 9.17) is 9.47 Å². The molecule has 0 unspecified atom stereocenters. The first-order valence-corrected chi connectivity index (χ1v) is 10.7. The quantitative estimate of drug-likeness (QED) is 0.182. The molecule has 1 amide bonds. The third-order valence-electron chi connectivity index (χ3n) is 3.37. The molecule has 1 N–H and O–H groups in total. The first kappa shape index (κ1) is 22.9. The Morgan fingerprint density at radius 1 is 1.28 bits per heavy atom. The molecule has 0 fully saturated rings. The number of halogens is 1. The van der Waals surface area contributed by atoms with E-state index < -0.39 is 0 Å². The fourth-order valence-electron chi connectivity index (χ4n) is 2.31. The van der Waals surface area contributed by atoms with Crippen LogP contribution in [0.2, 0.25) is 0 Å². The molecule has 0 radical (unpaired) electrons. The number of ether oxygens (including phenoxy) is 2. The third kappa shape index (κ3) is 7.51. The highest BCUT2D eigenvalue weighted by Gasteiger charge is 2.11. The van der Waals surface area contributed by atoms with Gasteiger partial charge in [0.25, 0.3) is 5.91 Å². The Morgan fingerprint density at radius 3 is 2.66 bits per heavy atom. The maximum Gasteiger partial charge on any atom is 0.250 e. The number of nitrogens with zero attached hydrogens (tertiary/aromatic N) is 3. The average Bonchev–Trinajstić information content (AvgIpc) is 2.65. The van der Waals surface area contributed by atoms with E-state index in [0.717, 1.165) is 21.4 Å². The predicted molar refractivity (Wildman–Crippen MR) is 119 cm³/mol. The average molecular weight is 479 g/mol. The second-order valence-electron chi connectivity index (χ2n) is 5.88. The van der Waals surface area contributed by atoms with Crippen LogP contribution in [-0.2, 0) is 4.79 Å². The van der Waals surface area contributed by atoms with Crippen LogP contribution in [0.4, 0.5) is 0 Å². The number of carbonyl (C=O) groups excluding carboxylic acids is 1. The van der Waals surface area contributed by atoms with Crippen molar-refractivity contribution in [3.63, 3.8) is 0 Å². The van der Waals surface area contributed by atoms with Gasteiger partial charge in [-0.05, 0) is 60.5 Å². The molecule has 0 spiro atoms. The lowest BCUT2D eigenvalue weighted by molar-refractivity contribution is -0.118. The van der Waals surface area contributed by atoms with Crippen LogP contribution in [0.25, 0.3) is 0 Å². The molecule has 0 saturated carbocycles. The van der Waals surface area contributed by atoms with Crippen LogP contribution in [0, 0.1) is 13.8 Å². The summed E-state index contributed by atoms with van der Waals surface area (Å²) in [4.78, 5) is 20.6. The van der Waals surface area contributed by atoms with Gasteiger partial charge >= 0.3 is 0 Å². The zero-order chi connectivity index (χ0) is 21.2. The fourth-order valence-corrected chi connectivity index (χ4v) is 3.62. The number of aryl methyl sites for hydroxylation is 2. The molecule has 9 heteroatoms. The number of carbonyl (C=O) groups is 1. The van der Waals surface area contributed by atoms with E-state index in [1.165, 1.54) is 11.8 Å². The summed E-state index contributed by atoms with van der Waals surface area (Å²) in [5.41, 5.74) is 4.99. The van der Waals surface area contributed by atoms with Crippen LogP contribution in [0.5, 0.6) is 11.5 Å².